The van der Waals surface area contributed by atoms with Crippen molar-refractivity contribution in [1.29, 1.82) is 0 Å². The average molecular weight is 264 g/mol. The number of nitrogens with one attached hydrogen (secondary N) is 1. The van der Waals surface area contributed by atoms with E-state index in [1.165, 1.54) is 11.3 Å². The molecule has 0 radical (unpaired) electrons. The van der Waals surface area contributed by atoms with Crippen LogP contribution in [0.5, 0.6) is 0 Å². The summed E-state index contributed by atoms with van der Waals surface area (Å²) in [7, 11) is 0. The molecule has 94 valence electrons. The molecule has 0 fully saturated rings. The zero-order chi connectivity index (χ0) is 13.1. The van der Waals surface area contributed by atoms with Gasteiger partial charge in [0.25, 0.3) is 5.91 Å². The van der Waals surface area contributed by atoms with Crippen molar-refractivity contribution in [2.45, 2.75) is 20.4 Å². The molecule has 2 rings (SSSR count). The molecule has 0 unspecified atom stereocenters. The maximum absolute atomic E-state index is 11.8. The average Bonchev–Trinajstić information content (AvgIpc) is 2.82. The fourth-order valence-electron chi connectivity index (χ4n) is 1.18. The number of aryl methyl sites for hydroxylation is 2. The van der Waals surface area contributed by atoms with E-state index >= 15 is 0 Å². The summed E-state index contributed by atoms with van der Waals surface area (Å²) in [4.78, 5) is 20.0. The third kappa shape index (κ3) is 2.66. The Labute approximate surface area is 107 Å². The second-order valence-electron chi connectivity index (χ2n) is 3.59. The predicted octanol–water partition coefficient (Wildman–Crippen LogP) is 0.656. The normalized spacial score (nSPS) is 10.4. The van der Waals surface area contributed by atoms with Crippen molar-refractivity contribution in [3.63, 3.8) is 0 Å². The molecule has 2 aromatic heterocycles. The largest absolute Gasteiger partial charge is 0.325 e. The van der Waals surface area contributed by atoms with Crippen LogP contribution in [0.1, 0.15) is 26.9 Å². The van der Waals surface area contributed by atoms with E-state index in [9.17, 15) is 4.79 Å². The Bertz CT molecular complexity index is 581. The first-order chi connectivity index (χ1) is 8.60. The first-order valence-corrected chi connectivity index (χ1v) is 6.12. The predicted molar refractivity (Wildman–Crippen MR) is 67.3 cm³/mol. The highest BCUT2D eigenvalue weighted by Crippen LogP contribution is 2.10. The van der Waals surface area contributed by atoms with Crippen LogP contribution < -0.4 is 11.1 Å². The second-order valence-corrected chi connectivity index (χ2v) is 4.53. The number of amides is 1. The molecule has 0 spiro atoms. The van der Waals surface area contributed by atoms with Crippen molar-refractivity contribution in [3.8, 4) is 0 Å². The summed E-state index contributed by atoms with van der Waals surface area (Å²) in [5.74, 6) is -0.193. The highest BCUT2D eigenvalue weighted by Gasteiger charge is 2.12. The van der Waals surface area contributed by atoms with Gasteiger partial charge in [-0.25, -0.2) is 9.97 Å². The lowest BCUT2D eigenvalue weighted by Crippen LogP contribution is -2.16. The number of carbonyl (C=O) groups is 1. The maximum atomic E-state index is 11.8. The lowest BCUT2D eigenvalue weighted by molar-refractivity contribution is 0.102. The minimum Gasteiger partial charge on any atom is -0.325 e. The molecule has 18 heavy (non-hydrogen) atoms. The van der Waals surface area contributed by atoms with E-state index in [0.29, 0.717) is 17.2 Å². The number of anilines is 1. The number of nitrogens with two attached hydrogens (primary N) is 1. The molecule has 0 bridgehead atoms. The Morgan fingerprint density at radius 2 is 2.11 bits per heavy atom. The third-order valence-corrected chi connectivity index (χ3v) is 3.15. The third-order valence-electron chi connectivity index (χ3n) is 2.28. The number of thiazole rings is 1. The fourth-order valence-corrected chi connectivity index (χ4v) is 1.84. The van der Waals surface area contributed by atoms with Gasteiger partial charge in [0.05, 0.1) is 11.4 Å². The van der Waals surface area contributed by atoms with Gasteiger partial charge in [-0.1, -0.05) is 0 Å². The Hall–Kier alpha value is -1.93. The van der Waals surface area contributed by atoms with Gasteiger partial charge in [0, 0.05) is 11.9 Å². The van der Waals surface area contributed by atoms with Crippen LogP contribution in [-0.4, -0.2) is 26.1 Å². The van der Waals surface area contributed by atoms with Crippen LogP contribution in [0, 0.1) is 13.8 Å². The molecule has 0 aliphatic heterocycles. The number of hydrogen-bond donors (Lipinski definition) is 2. The van der Waals surface area contributed by atoms with Crippen molar-refractivity contribution < 1.29 is 4.79 Å². The van der Waals surface area contributed by atoms with Gasteiger partial charge in [0.2, 0.25) is 5.95 Å². The number of hydrogen-bond acceptors (Lipinski definition) is 7. The van der Waals surface area contributed by atoms with Crippen LogP contribution in [0.15, 0.2) is 5.38 Å². The highest BCUT2D eigenvalue weighted by atomic mass is 32.1. The van der Waals surface area contributed by atoms with Gasteiger partial charge >= 0.3 is 0 Å². The van der Waals surface area contributed by atoms with E-state index in [4.69, 9.17) is 5.73 Å². The van der Waals surface area contributed by atoms with E-state index in [2.05, 4.69) is 25.5 Å². The van der Waals surface area contributed by atoms with Crippen molar-refractivity contribution >= 4 is 23.2 Å². The number of nitrogens with zero attached hydrogens (tertiary/aromatic N) is 4. The summed E-state index contributed by atoms with van der Waals surface area (Å²) in [5.41, 5.74) is 7.19. The molecule has 0 saturated carbocycles. The molecule has 0 saturated heterocycles. The Kier molecular flexibility index (Phi) is 3.58. The van der Waals surface area contributed by atoms with Crippen LogP contribution in [0.25, 0.3) is 0 Å². The molecule has 8 heteroatoms. The van der Waals surface area contributed by atoms with Gasteiger partial charge in [-0.05, 0) is 13.8 Å². The standard InChI is InChI=1S/C10H12N6OS/c1-5-6(2)15-16-10(12-5)14-9(17)7-4-18-8(3-11)13-7/h4H,3,11H2,1-2H3,(H,12,14,16,17). The number of rotatable bonds is 3. The van der Waals surface area contributed by atoms with E-state index in [1.807, 2.05) is 0 Å². The Morgan fingerprint density at radius 3 is 2.72 bits per heavy atom. The summed E-state index contributed by atoms with van der Waals surface area (Å²) in [6, 6.07) is 0. The minimum absolute atomic E-state index is 0.172. The lowest BCUT2D eigenvalue weighted by Gasteiger charge is -2.02. The number of aromatic nitrogens is 4. The summed E-state index contributed by atoms with van der Waals surface area (Å²) >= 11 is 1.34. The fraction of sp³-hybridized carbons (Fsp3) is 0.300. The zero-order valence-electron chi connectivity index (χ0n) is 9.97. The SMILES string of the molecule is Cc1nnc(NC(=O)c2csc(CN)n2)nc1C. The molecule has 0 atom stereocenters. The molecule has 2 heterocycles. The van der Waals surface area contributed by atoms with E-state index < -0.39 is 0 Å². The van der Waals surface area contributed by atoms with Crippen LogP contribution in [-0.2, 0) is 6.54 Å². The van der Waals surface area contributed by atoms with E-state index in [0.717, 1.165) is 11.4 Å². The van der Waals surface area contributed by atoms with Gasteiger partial charge in [0.15, 0.2) is 0 Å². The summed E-state index contributed by atoms with van der Waals surface area (Å²) in [6.45, 7) is 3.92. The summed E-state index contributed by atoms with van der Waals surface area (Å²) in [6.07, 6.45) is 0. The molecular formula is C10H12N6OS. The van der Waals surface area contributed by atoms with Gasteiger partial charge < -0.3 is 5.73 Å². The molecule has 0 aliphatic carbocycles. The first kappa shape index (κ1) is 12.5. The molecule has 0 aliphatic rings. The summed E-state index contributed by atoms with van der Waals surface area (Å²) < 4.78 is 0. The van der Waals surface area contributed by atoms with Crippen molar-refractivity contribution in [2.24, 2.45) is 5.73 Å². The summed E-state index contributed by atoms with van der Waals surface area (Å²) in [5, 5.41) is 12.6. The molecule has 3 N–H and O–H groups in total. The van der Waals surface area contributed by atoms with Crippen LogP contribution >= 0.6 is 11.3 Å². The first-order valence-electron chi connectivity index (χ1n) is 5.24. The van der Waals surface area contributed by atoms with Crippen LogP contribution in [0.3, 0.4) is 0 Å². The van der Waals surface area contributed by atoms with Gasteiger partial charge in [0.1, 0.15) is 10.7 Å². The Balaban J connectivity index is 2.13. The maximum Gasteiger partial charge on any atom is 0.277 e. The molecule has 0 aromatic carbocycles. The van der Waals surface area contributed by atoms with Crippen LogP contribution in [0.2, 0.25) is 0 Å². The van der Waals surface area contributed by atoms with Crippen molar-refractivity contribution in [1.82, 2.24) is 20.2 Å². The van der Waals surface area contributed by atoms with Gasteiger partial charge in [-0.15, -0.1) is 16.4 Å². The Morgan fingerprint density at radius 1 is 1.33 bits per heavy atom. The van der Waals surface area contributed by atoms with Crippen molar-refractivity contribution in [3.05, 3.63) is 27.5 Å². The van der Waals surface area contributed by atoms with Crippen LogP contribution in [0.4, 0.5) is 5.95 Å². The minimum atomic E-state index is -0.365. The zero-order valence-corrected chi connectivity index (χ0v) is 10.8. The van der Waals surface area contributed by atoms with Gasteiger partial charge in [-0.2, -0.15) is 5.10 Å². The smallest absolute Gasteiger partial charge is 0.277 e. The molecule has 7 nitrogen and oxygen atoms in total. The molecule has 1 amide bonds. The monoisotopic (exact) mass is 264 g/mol. The number of carbonyl (C=O) groups excluding carboxylic acids is 1. The van der Waals surface area contributed by atoms with Crippen molar-refractivity contribution in [2.75, 3.05) is 5.32 Å². The lowest BCUT2D eigenvalue weighted by atomic mass is 10.4. The molecule has 2 aromatic rings. The quantitative estimate of drug-likeness (QED) is 0.843. The second kappa shape index (κ2) is 5.15. The topological polar surface area (TPSA) is 107 Å². The highest BCUT2D eigenvalue weighted by molar-refractivity contribution is 7.09. The molecular weight excluding hydrogens is 252 g/mol. The van der Waals surface area contributed by atoms with Gasteiger partial charge in [-0.3, -0.25) is 10.1 Å². The van der Waals surface area contributed by atoms with E-state index in [-0.39, 0.29) is 11.9 Å². The van der Waals surface area contributed by atoms with E-state index in [1.54, 1.807) is 19.2 Å².